The maximum atomic E-state index is 12.0. The van der Waals surface area contributed by atoms with E-state index in [4.69, 9.17) is 0 Å². The molecule has 0 saturated carbocycles. The predicted octanol–water partition coefficient (Wildman–Crippen LogP) is 3.15. The molecule has 1 aromatic rings. The lowest BCUT2D eigenvalue weighted by molar-refractivity contribution is 0.0948. The van der Waals surface area contributed by atoms with Crippen LogP contribution in [0, 0.1) is 6.92 Å². The number of carbonyl (C=O) groups is 1. The first-order valence-corrected chi connectivity index (χ1v) is 6.98. The van der Waals surface area contributed by atoms with Gasteiger partial charge in [0.2, 0.25) is 0 Å². The van der Waals surface area contributed by atoms with Crippen molar-refractivity contribution in [1.29, 1.82) is 0 Å². The van der Waals surface area contributed by atoms with E-state index in [-0.39, 0.29) is 5.91 Å². The van der Waals surface area contributed by atoms with Crippen LogP contribution in [-0.2, 0) is 7.05 Å². The number of nitrogens with zero attached hydrogens (tertiary/aromatic N) is 2. The van der Waals surface area contributed by atoms with Gasteiger partial charge in [0, 0.05) is 13.6 Å². The van der Waals surface area contributed by atoms with Crippen molar-refractivity contribution in [3.05, 3.63) is 40.8 Å². The molecule has 1 N–H and O–H groups in total. The molecule has 1 amide bonds. The monoisotopic (exact) mass is 275 g/mol. The SMILES string of the molecule is CC(C)=CCC/C(C)=C/CNC(=O)c1cc(C)nn1C. The molecular weight excluding hydrogens is 250 g/mol. The van der Waals surface area contributed by atoms with Gasteiger partial charge in [-0.05, 0) is 46.6 Å². The van der Waals surface area contributed by atoms with Gasteiger partial charge < -0.3 is 5.32 Å². The van der Waals surface area contributed by atoms with Crippen molar-refractivity contribution < 1.29 is 4.79 Å². The molecule has 0 spiro atoms. The molecule has 4 heteroatoms. The number of aryl methyl sites for hydroxylation is 2. The average molecular weight is 275 g/mol. The molecule has 0 bridgehead atoms. The van der Waals surface area contributed by atoms with Gasteiger partial charge >= 0.3 is 0 Å². The number of hydrogen-bond acceptors (Lipinski definition) is 2. The van der Waals surface area contributed by atoms with Crippen molar-refractivity contribution in [3.63, 3.8) is 0 Å². The van der Waals surface area contributed by atoms with E-state index in [0.29, 0.717) is 12.2 Å². The second-order valence-corrected chi connectivity index (χ2v) is 5.38. The van der Waals surface area contributed by atoms with E-state index in [1.165, 1.54) is 11.1 Å². The molecule has 0 aliphatic carbocycles. The molecule has 0 fully saturated rings. The van der Waals surface area contributed by atoms with Crippen LogP contribution in [0.2, 0.25) is 0 Å². The van der Waals surface area contributed by atoms with E-state index in [2.05, 4.69) is 43.3 Å². The number of nitrogens with one attached hydrogen (secondary N) is 1. The summed E-state index contributed by atoms with van der Waals surface area (Å²) in [5.74, 6) is -0.0820. The van der Waals surface area contributed by atoms with E-state index in [1.807, 2.05) is 6.92 Å². The third-order valence-electron chi connectivity index (χ3n) is 3.04. The molecule has 110 valence electrons. The number of aromatic nitrogens is 2. The normalized spacial score (nSPS) is 11.3. The fourth-order valence-electron chi connectivity index (χ4n) is 1.92. The number of rotatable bonds is 6. The molecule has 0 radical (unpaired) electrons. The second kappa shape index (κ2) is 7.68. The minimum absolute atomic E-state index is 0.0820. The van der Waals surface area contributed by atoms with Gasteiger partial charge in [-0.25, -0.2) is 0 Å². The summed E-state index contributed by atoms with van der Waals surface area (Å²) in [5.41, 5.74) is 4.09. The van der Waals surface area contributed by atoms with Crippen molar-refractivity contribution in [3.8, 4) is 0 Å². The third-order valence-corrected chi connectivity index (χ3v) is 3.04. The second-order valence-electron chi connectivity index (χ2n) is 5.38. The van der Waals surface area contributed by atoms with E-state index in [0.717, 1.165) is 18.5 Å². The minimum Gasteiger partial charge on any atom is -0.347 e. The zero-order valence-electron chi connectivity index (χ0n) is 13.2. The van der Waals surface area contributed by atoms with Crippen LogP contribution in [0.4, 0.5) is 0 Å². The van der Waals surface area contributed by atoms with Crippen molar-refractivity contribution in [2.45, 2.75) is 40.5 Å². The number of amides is 1. The highest BCUT2D eigenvalue weighted by molar-refractivity contribution is 5.92. The van der Waals surface area contributed by atoms with E-state index < -0.39 is 0 Å². The van der Waals surface area contributed by atoms with Crippen molar-refractivity contribution in [2.75, 3.05) is 6.54 Å². The zero-order chi connectivity index (χ0) is 15.1. The Balaban J connectivity index is 2.41. The Morgan fingerprint density at radius 3 is 2.60 bits per heavy atom. The fourth-order valence-corrected chi connectivity index (χ4v) is 1.92. The average Bonchev–Trinajstić information content (AvgIpc) is 2.68. The molecule has 0 unspecified atom stereocenters. The van der Waals surface area contributed by atoms with Crippen LogP contribution in [0.5, 0.6) is 0 Å². The maximum absolute atomic E-state index is 12.0. The standard InChI is InChI=1S/C16H25N3O/c1-12(2)7-6-8-13(3)9-10-17-16(20)15-11-14(4)18-19(15)5/h7,9,11H,6,8,10H2,1-5H3,(H,17,20)/b13-9+. The summed E-state index contributed by atoms with van der Waals surface area (Å²) in [4.78, 5) is 12.0. The Labute approximate surface area is 121 Å². The smallest absolute Gasteiger partial charge is 0.269 e. The van der Waals surface area contributed by atoms with E-state index in [1.54, 1.807) is 17.8 Å². The topological polar surface area (TPSA) is 46.9 Å². The largest absolute Gasteiger partial charge is 0.347 e. The van der Waals surface area contributed by atoms with Gasteiger partial charge in [-0.3, -0.25) is 9.48 Å². The molecule has 1 heterocycles. The van der Waals surface area contributed by atoms with Crippen molar-refractivity contribution in [2.24, 2.45) is 7.05 Å². The summed E-state index contributed by atoms with van der Waals surface area (Å²) < 4.78 is 1.61. The highest BCUT2D eigenvalue weighted by Crippen LogP contribution is 2.06. The first-order valence-electron chi connectivity index (χ1n) is 6.98. The van der Waals surface area contributed by atoms with Gasteiger partial charge in [-0.15, -0.1) is 0 Å². The Morgan fingerprint density at radius 1 is 1.35 bits per heavy atom. The fraction of sp³-hybridized carbons (Fsp3) is 0.500. The Morgan fingerprint density at radius 2 is 2.05 bits per heavy atom. The van der Waals surface area contributed by atoms with Crippen LogP contribution in [0.1, 0.15) is 49.8 Å². The van der Waals surface area contributed by atoms with Crippen LogP contribution in [-0.4, -0.2) is 22.2 Å². The first-order chi connectivity index (χ1) is 9.40. The van der Waals surface area contributed by atoms with Gasteiger partial charge in [-0.2, -0.15) is 5.10 Å². The molecule has 0 aliphatic heterocycles. The molecule has 0 saturated heterocycles. The molecule has 0 atom stereocenters. The maximum Gasteiger partial charge on any atom is 0.269 e. The molecule has 4 nitrogen and oxygen atoms in total. The lowest BCUT2D eigenvalue weighted by Crippen LogP contribution is -2.25. The molecule has 0 aromatic carbocycles. The zero-order valence-corrected chi connectivity index (χ0v) is 13.2. The summed E-state index contributed by atoms with van der Waals surface area (Å²) in [6.07, 6.45) is 6.39. The number of hydrogen-bond donors (Lipinski definition) is 1. The number of carbonyl (C=O) groups excluding carboxylic acids is 1. The van der Waals surface area contributed by atoms with Gasteiger partial charge in [0.05, 0.1) is 5.69 Å². The minimum atomic E-state index is -0.0820. The van der Waals surface area contributed by atoms with Crippen LogP contribution in [0.3, 0.4) is 0 Å². The van der Waals surface area contributed by atoms with Gasteiger partial charge in [-0.1, -0.05) is 23.3 Å². The van der Waals surface area contributed by atoms with Crippen LogP contribution >= 0.6 is 0 Å². The quantitative estimate of drug-likeness (QED) is 0.811. The Bertz CT molecular complexity index is 520. The summed E-state index contributed by atoms with van der Waals surface area (Å²) in [5, 5.41) is 7.06. The summed E-state index contributed by atoms with van der Waals surface area (Å²) in [6.45, 7) is 8.75. The van der Waals surface area contributed by atoms with Crippen LogP contribution < -0.4 is 5.32 Å². The van der Waals surface area contributed by atoms with Crippen LogP contribution in [0.15, 0.2) is 29.4 Å². The van der Waals surface area contributed by atoms with Crippen molar-refractivity contribution >= 4 is 5.91 Å². The highest BCUT2D eigenvalue weighted by atomic mass is 16.2. The predicted molar refractivity (Wildman–Crippen MR) is 82.7 cm³/mol. The lowest BCUT2D eigenvalue weighted by Gasteiger charge is -2.04. The number of allylic oxidation sites excluding steroid dienone is 3. The van der Waals surface area contributed by atoms with Gasteiger partial charge in [0.1, 0.15) is 5.69 Å². The summed E-state index contributed by atoms with van der Waals surface area (Å²) in [7, 11) is 1.78. The highest BCUT2D eigenvalue weighted by Gasteiger charge is 2.10. The molecular formula is C16H25N3O. The van der Waals surface area contributed by atoms with Gasteiger partial charge in [0.15, 0.2) is 0 Å². The molecule has 1 rings (SSSR count). The third kappa shape index (κ3) is 5.43. The van der Waals surface area contributed by atoms with Crippen molar-refractivity contribution in [1.82, 2.24) is 15.1 Å². The van der Waals surface area contributed by atoms with Crippen LogP contribution in [0.25, 0.3) is 0 Å². The molecule has 1 aromatic heterocycles. The van der Waals surface area contributed by atoms with E-state index in [9.17, 15) is 4.79 Å². The molecule has 0 aliphatic rings. The Hall–Kier alpha value is -1.84. The first kappa shape index (κ1) is 16.2. The van der Waals surface area contributed by atoms with Gasteiger partial charge in [0.25, 0.3) is 5.91 Å². The Kier molecular flexibility index (Phi) is 6.22. The van der Waals surface area contributed by atoms with E-state index >= 15 is 0 Å². The molecule has 20 heavy (non-hydrogen) atoms. The summed E-state index contributed by atoms with van der Waals surface area (Å²) in [6, 6.07) is 1.79. The lowest BCUT2D eigenvalue weighted by atomic mass is 10.1. The summed E-state index contributed by atoms with van der Waals surface area (Å²) >= 11 is 0.